The molecule has 27 heavy (non-hydrogen) atoms. The van der Waals surface area contributed by atoms with Gasteiger partial charge in [0.15, 0.2) is 0 Å². The summed E-state index contributed by atoms with van der Waals surface area (Å²) in [6, 6.07) is 8.87. The fraction of sp³-hybridized carbons (Fsp3) is 0.0588. The van der Waals surface area contributed by atoms with Crippen molar-refractivity contribution < 1.29 is 17.9 Å². The molecular weight excluding hydrogens is 428 g/mol. The van der Waals surface area contributed by atoms with Crippen molar-refractivity contribution >= 4 is 34.8 Å². The maximum atomic E-state index is 12.7. The van der Waals surface area contributed by atoms with Crippen molar-refractivity contribution in [1.29, 1.82) is 0 Å². The summed E-state index contributed by atoms with van der Waals surface area (Å²) in [5, 5.41) is 3.51. The van der Waals surface area contributed by atoms with Gasteiger partial charge < -0.3 is 4.74 Å². The first kappa shape index (κ1) is 19.5. The fourth-order valence-corrected chi connectivity index (χ4v) is 2.63. The highest BCUT2D eigenvalue weighted by Gasteiger charge is 2.31. The zero-order chi connectivity index (χ0) is 19.8. The molecule has 0 aliphatic rings. The van der Waals surface area contributed by atoms with Crippen LogP contribution in [0.2, 0.25) is 15.1 Å². The van der Waals surface area contributed by atoms with Crippen LogP contribution in [0.25, 0.3) is 5.69 Å². The van der Waals surface area contributed by atoms with E-state index < -0.39 is 17.3 Å². The lowest BCUT2D eigenvalue weighted by Crippen LogP contribution is -2.21. The second kappa shape index (κ2) is 7.42. The molecule has 0 N–H and O–H groups in total. The molecule has 3 aromatic rings. The number of aromatic nitrogens is 2. The Bertz CT molecular complexity index is 1070. The fourth-order valence-electron chi connectivity index (χ4n) is 2.16. The van der Waals surface area contributed by atoms with Crippen molar-refractivity contribution in [2.45, 2.75) is 6.18 Å². The van der Waals surface area contributed by atoms with Crippen LogP contribution in [0.4, 0.5) is 13.2 Å². The van der Waals surface area contributed by atoms with E-state index >= 15 is 0 Å². The summed E-state index contributed by atoms with van der Waals surface area (Å²) in [6.07, 6.45) is -3.30. The van der Waals surface area contributed by atoms with Crippen LogP contribution in [0.3, 0.4) is 0 Å². The van der Waals surface area contributed by atoms with Gasteiger partial charge in [0.2, 0.25) is 0 Å². The van der Waals surface area contributed by atoms with E-state index in [1.54, 1.807) is 18.2 Å². The Morgan fingerprint density at radius 3 is 2.41 bits per heavy atom. The Hall–Kier alpha value is -2.22. The molecule has 140 valence electrons. The highest BCUT2D eigenvalue weighted by atomic mass is 35.5. The molecule has 0 unspecified atom stereocenters. The first-order valence-corrected chi connectivity index (χ1v) is 8.38. The van der Waals surface area contributed by atoms with Crippen molar-refractivity contribution in [3.63, 3.8) is 0 Å². The standard InChI is InChI=1S/C17H8Cl3F3N2O2/c18-12-6-9(17(21,22)23)4-5-14(12)27-11-3-1-2-10(7-11)25-16(26)15(20)13(19)8-24-25/h1-8H. The summed E-state index contributed by atoms with van der Waals surface area (Å²) in [7, 11) is 0. The molecule has 0 saturated heterocycles. The van der Waals surface area contributed by atoms with Crippen molar-refractivity contribution in [2.75, 3.05) is 0 Å². The lowest BCUT2D eigenvalue weighted by Gasteiger charge is -2.12. The van der Waals surface area contributed by atoms with Crippen LogP contribution in [-0.2, 0) is 6.18 Å². The second-order valence-corrected chi connectivity index (χ2v) is 6.46. The van der Waals surface area contributed by atoms with Crippen LogP contribution in [0.5, 0.6) is 11.5 Å². The smallest absolute Gasteiger partial charge is 0.416 e. The molecule has 0 atom stereocenters. The van der Waals surface area contributed by atoms with Gasteiger partial charge in [-0.2, -0.15) is 23.0 Å². The van der Waals surface area contributed by atoms with Gasteiger partial charge in [0, 0.05) is 6.07 Å². The van der Waals surface area contributed by atoms with E-state index in [0.29, 0.717) is 5.69 Å². The molecular formula is C17H8Cl3F3N2O2. The van der Waals surface area contributed by atoms with Crippen LogP contribution in [0.1, 0.15) is 5.56 Å². The predicted octanol–water partition coefficient (Wildman–Crippen LogP) is 6.00. The van der Waals surface area contributed by atoms with Crippen LogP contribution in [-0.4, -0.2) is 9.78 Å². The molecule has 1 heterocycles. The van der Waals surface area contributed by atoms with Gasteiger partial charge in [-0.15, -0.1) is 0 Å². The predicted molar refractivity (Wildman–Crippen MR) is 96.4 cm³/mol. The third kappa shape index (κ3) is 4.21. The first-order valence-electron chi connectivity index (χ1n) is 7.25. The average molecular weight is 436 g/mol. The van der Waals surface area contributed by atoms with Crippen LogP contribution in [0, 0.1) is 0 Å². The molecule has 0 radical (unpaired) electrons. The first-order chi connectivity index (χ1) is 12.7. The van der Waals surface area contributed by atoms with E-state index in [1.165, 1.54) is 12.3 Å². The van der Waals surface area contributed by atoms with Gasteiger partial charge in [-0.05, 0) is 30.3 Å². The SMILES string of the molecule is O=c1c(Cl)c(Cl)cnn1-c1cccc(Oc2ccc(C(F)(F)F)cc2Cl)c1. The number of rotatable bonds is 3. The molecule has 2 aromatic carbocycles. The van der Waals surface area contributed by atoms with Gasteiger partial charge in [0.25, 0.3) is 5.56 Å². The van der Waals surface area contributed by atoms with Crippen molar-refractivity contribution in [3.8, 4) is 17.2 Å². The number of halogens is 6. The molecule has 0 bridgehead atoms. The second-order valence-electron chi connectivity index (χ2n) is 5.27. The van der Waals surface area contributed by atoms with Gasteiger partial charge in [0.1, 0.15) is 16.5 Å². The third-order valence-corrected chi connectivity index (χ3v) is 4.47. The summed E-state index contributed by atoms with van der Waals surface area (Å²) >= 11 is 17.5. The van der Waals surface area contributed by atoms with Crippen molar-refractivity contribution in [1.82, 2.24) is 9.78 Å². The van der Waals surface area contributed by atoms with Gasteiger partial charge in [-0.1, -0.05) is 40.9 Å². The minimum absolute atomic E-state index is 0.0156. The highest BCUT2D eigenvalue weighted by Crippen LogP contribution is 2.36. The summed E-state index contributed by atoms with van der Waals surface area (Å²) in [5.74, 6) is 0.255. The summed E-state index contributed by atoms with van der Waals surface area (Å²) in [4.78, 5) is 12.2. The monoisotopic (exact) mass is 434 g/mol. The minimum Gasteiger partial charge on any atom is -0.456 e. The number of ether oxygens (including phenoxy) is 1. The molecule has 10 heteroatoms. The topological polar surface area (TPSA) is 44.1 Å². The van der Waals surface area contributed by atoms with E-state index in [-0.39, 0.29) is 26.6 Å². The van der Waals surface area contributed by atoms with Gasteiger partial charge >= 0.3 is 6.18 Å². The summed E-state index contributed by atoms with van der Waals surface area (Å²) in [5.41, 5.74) is -1.20. The quantitative estimate of drug-likeness (QED) is 0.506. The van der Waals surface area contributed by atoms with E-state index in [0.717, 1.165) is 22.9 Å². The Labute approximate surface area is 165 Å². The molecule has 0 aliphatic heterocycles. The molecule has 4 nitrogen and oxygen atoms in total. The number of alkyl halides is 3. The molecule has 3 rings (SSSR count). The maximum Gasteiger partial charge on any atom is 0.416 e. The zero-order valence-electron chi connectivity index (χ0n) is 13.1. The number of nitrogens with zero attached hydrogens (tertiary/aromatic N) is 2. The molecule has 1 aromatic heterocycles. The molecule has 0 fully saturated rings. The van der Waals surface area contributed by atoms with E-state index in [9.17, 15) is 18.0 Å². The number of hydrogen-bond acceptors (Lipinski definition) is 3. The Morgan fingerprint density at radius 1 is 1.00 bits per heavy atom. The zero-order valence-corrected chi connectivity index (χ0v) is 15.4. The van der Waals surface area contributed by atoms with Crippen LogP contribution < -0.4 is 10.3 Å². The average Bonchev–Trinajstić information content (AvgIpc) is 2.61. The van der Waals surface area contributed by atoms with Crippen LogP contribution >= 0.6 is 34.8 Å². The van der Waals surface area contributed by atoms with Gasteiger partial charge in [0.05, 0.1) is 27.5 Å². The molecule has 0 aliphatic carbocycles. The van der Waals surface area contributed by atoms with E-state index in [2.05, 4.69) is 5.10 Å². The molecule has 0 saturated carbocycles. The molecule has 0 spiro atoms. The largest absolute Gasteiger partial charge is 0.456 e. The molecule has 0 amide bonds. The highest BCUT2D eigenvalue weighted by molar-refractivity contribution is 6.41. The lowest BCUT2D eigenvalue weighted by atomic mass is 10.2. The summed E-state index contributed by atoms with van der Waals surface area (Å²) < 4.78 is 44.7. The van der Waals surface area contributed by atoms with Gasteiger partial charge in [-0.3, -0.25) is 4.79 Å². The van der Waals surface area contributed by atoms with Crippen molar-refractivity contribution in [2.24, 2.45) is 0 Å². The van der Waals surface area contributed by atoms with E-state index in [1.807, 2.05) is 0 Å². The maximum absolute atomic E-state index is 12.7. The lowest BCUT2D eigenvalue weighted by molar-refractivity contribution is -0.137. The van der Waals surface area contributed by atoms with Crippen molar-refractivity contribution in [3.05, 3.63) is 79.6 Å². The van der Waals surface area contributed by atoms with E-state index in [4.69, 9.17) is 39.5 Å². The normalized spacial score (nSPS) is 11.5. The minimum atomic E-state index is -4.51. The van der Waals surface area contributed by atoms with Crippen LogP contribution in [0.15, 0.2) is 53.5 Å². The number of hydrogen-bond donors (Lipinski definition) is 0. The Balaban J connectivity index is 1.94. The number of benzene rings is 2. The Morgan fingerprint density at radius 2 is 1.74 bits per heavy atom. The Kier molecular flexibility index (Phi) is 5.37. The van der Waals surface area contributed by atoms with Gasteiger partial charge in [-0.25, -0.2) is 0 Å². The summed E-state index contributed by atoms with van der Waals surface area (Å²) in [6.45, 7) is 0. The third-order valence-electron chi connectivity index (χ3n) is 3.43.